The topological polar surface area (TPSA) is 12.0 Å². The van der Waals surface area contributed by atoms with Gasteiger partial charge in [0.2, 0.25) is 0 Å². The van der Waals surface area contributed by atoms with Crippen molar-refractivity contribution in [2.75, 3.05) is 0 Å². The molecule has 0 amide bonds. The molecule has 120 valence electrons. The zero-order chi connectivity index (χ0) is 16.0. The minimum atomic E-state index is -4.27. The second kappa shape index (κ2) is 5.38. The second-order valence-electron chi connectivity index (χ2n) is 6.53. The maximum atomic E-state index is 12.9. The Bertz CT molecular complexity index is 708. The summed E-state index contributed by atoms with van der Waals surface area (Å²) in [6.45, 7) is 0. The smallest absolute Gasteiger partial charge is 0.307 e. The highest BCUT2D eigenvalue weighted by molar-refractivity contribution is 5.40. The molecule has 4 rings (SSSR count). The number of aryl methyl sites for hydroxylation is 1. The van der Waals surface area contributed by atoms with Crippen LogP contribution in [0.2, 0.25) is 0 Å². The van der Waals surface area contributed by atoms with Crippen molar-refractivity contribution in [3.8, 4) is 0 Å². The zero-order valence-corrected chi connectivity index (χ0v) is 12.6. The van der Waals surface area contributed by atoms with Crippen LogP contribution in [-0.4, -0.2) is 6.04 Å². The Kier molecular flexibility index (Phi) is 3.45. The van der Waals surface area contributed by atoms with Crippen LogP contribution in [0, 0.1) is 0 Å². The van der Waals surface area contributed by atoms with Gasteiger partial charge < -0.3 is 5.32 Å². The Morgan fingerprint density at radius 2 is 1.78 bits per heavy atom. The van der Waals surface area contributed by atoms with Gasteiger partial charge in [-0.3, -0.25) is 0 Å². The minimum Gasteiger partial charge on any atom is -0.307 e. The SMILES string of the molecule is FC(F)(F)c1ccc2c(c1)C(N[C@H]1C[C@@H]1c1ccccc1)CC2. The third-order valence-corrected chi connectivity index (χ3v) is 4.98. The van der Waals surface area contributed by atoms with Crippen molar-refractivity contribution < 1.29 is 13.2 Å². The van der Waals surface area contributed by atoms with Gasteiger partial charge in [-0.1, -0.05) is 36.4 Å². The summed E-state index contributed by atoms with van der Waals surface area (Å²) in [6, 6.07) is 14.9. The van der Waals surface area contributed by atoms with Gasteiger partial charge in [0, 0.05) is 18.0 Å². The summed E-state index contributed by atoms with van der Waals surface area (Å²) in [4.78, 5) is 0. The molecule has 2 aliphatic carbocycles. The lowest BCUT2D eigenvalue weighted by atomic mass is 10.0. The third-order valence-electron chi connectivity index (χ3n) is 4.98. The highest BCUT2D eigenvalue weighted by Crippen LogP contribution is 2.44. The third kappa shape index (κ3) is 2.88. The van der Waals surface area contributed by atoms with E-state index < -0.39 is 11.7 Å². The van der Waals surface area contributed by atoms with Crippen LogP contribution in [0.4, 0.5) is 13.2 Å². The first-order valence-corrected chi connectivity index (χ1v) is 8.03. The van der Waals surface area contributed by atoms with Crippen LogP contribution in [0.25, 0.3) is 0 Å². The molecule has 0 bridgehead atoms. The van der Waals surface area contributed by atoms with Gasteiger partial charge in [0.25, 0.3) is 0 Å². The van der Waals surface area contributed by atoms with Gasteiger partial charge in [0.05, 0.1) is 5.56 Å². The molecule has 0 heterocycles. The summed E-state index contributed by atoms with van der Waals surface area (Å²) in [5.41, 5.74) is 2.65. The van der Waals surface area contributed by atoms with Gasteiger partial charge in [-0.25, -0.2) is 0 Å². The predicted molar refractivity (Wildman–Crippen MR) is 83.2 cm³/mol. The van der Waals surface area contributed by atoms with Crippen molar-refractivity contribution in [1.82, 2.24) is 5.32 Å². The Labute approximate surface area is 133 Å². The fourth-order valence-electron chi connectivity index (χ4n) is 3.66. The fourth-order valence-corrected chi connectivity index (χ4v) is 3.66. The first kappa shape index (κ1) is 14.8. The summed E-state index contributed by atoms with van der Waals surface area (Å²) in [7, 11) is 0. The molecule has 2 aliphatic rings. The van der Waals surface area contributed by atoms with Crippen molar-refractivity contribution in [1.29, 1.82) is 0 Å². The number of rotatable bonds is 3. The van der Waals surface area contributed by atoms with Crippen molar-refractivity contribution in [2.24, 2.45) is 0 Å². The van der Waals surface area contributed by atoms with E-state index in [9.17, 15) is 13.2 Å². The van der Waals surface area contributed by atoms with Crippen LogP contribution in [0.1, 0.15) is 47.1 Å². The molecule has 23 heavy (non-hydrogen) atoms. The summed E-state index contributed by atoms with van der Waals surface area (Å²) in [6.07, 6.45) is -1.47. The molecule has 1 unspecified atom stereocenters. The van der Waals surface area contributed by atoms with E-state index in [4.69, 9.17) is 0 Å². The maximum Gasteiger partial charge on any atom is 0.416 e. The number of benzene rings is 2. The Hall–Kier alpha value is -1.81. The van der Waals surface area contributed by atoms with Crippen LogP contribution in [0.15, 0.2) is 48.5 Å². The maximum absolute atomic E-state index is 12.9. The average Bonchev–Trinajstić information content (AvgIpc) is 3.19. The van der Waals surface area contributed by atoms with Gasteiger partial charge >= 0.3 is 6.18 Å². The van der Waals surface area contributed by atoms with E-state index >= 15 is 0 Å². The Morgan fingerprint density at radius 1 is 1.00 bits per heavy atom. The summed E-state index contributed by atoms with van der Waals surface area (Å²) >= 11 is 0. The molecular formula is C19H18F3N. The van der Waals surface area contributed by atoms with E-state index in [1.807, 2.05) is 18.2 Å². The van der Waals surface area contributed by atoms with E-state index in [2.05, 4.69) is 17.4 Å². The molecule has 1 nitrogen and oxygen atoms in total. The quantitative estimate of drug-likeness (QED) is 0.854. The number of nitrogens with one attached hydrogen (secondary N) is 1. The van der Waals surface area contributed by atoms with Crippen LogP contribution in [-0.2, 0) is 12.6 Å². The molecule has 1 saturated carbocycles. The highest BCUT2D eigenvalue weighted by atomic mass is 19.4. The highest BCUT2D eigenvalue weighted by Gasteiger charge is 2.41. The predicted octanol–water partition coefficient (Wildman–Crippen LogP) is 4.84. The Morgan fingerprint density at radius 3 is 2.52 bits per heavy atom. The monoisotopic (exact) mass is 317 g/mol. The lowest BCUT2D eigenvalue weighted by Gasteiger charge is -2.16. The molecule has 4 heteroatoms. The van der Waals surface area contributed by atoms with E-state index in [0.29, 0.717) is 12.0 Å². The minimum absolute atomic E-state index is 0.0472. The van der Waals surface area contributed by atoms with E-state index in [1.165, 1.54) is 17.7 Å². The van der Waals surface area contributed by atoms with E-state index in [1.54, 1.807) is 6.07 Å². The molecule has 0 radical (unpaired) electrons. The van der Waals surface area contributed by atoms with Gasteiger partial charge in [-0.2, -0.15) is 13.2 Å². The Balaban J connectivity index is 1.49. The molecule has 2 aromatic carbocycles. The van der Waals surface area contributed by atoms with Gasteiger partial charge in [-0.15, -0.1) is 0 Å². The molecule has 0 spiro atoms. The zero-order valence-electron chi connectivity index (χ0n) is 12.6. The fraction of sp³-hybridized carbons (Fsp3) is 0.368. The number of fused-ring (bicyclic) bond motifs is 1. The summed E-state index contributed by atoms with van der Waals surface area (Å²) in [5.74, 6) is 0.492. The molecule has 1 N–H and O–H groups in total. The largest absolute Gasteiger partial charge is 0.416 e. The molecule has 2 aromatic rings. The van der Waals surface area contributed by atoms with Crippen LogP contribution in [0.3, 0.4) is 0 Å². The first-order valence-electron chi connectivity index (χ1n) is 8.03. The lowest BCUT2D eigenvalue weighted by Crippen LogP contribution is -2.23. The molecule has 1 fully saturated rings. The second-order valence-corrected chi connectivity index (χ2v) is 6.53. The van der Waals surface area contributed by atoms with Crippen LogP contribution in [0.5, 0.6) is 0 Å². The van der Waals surface area contributed by atoms with E-state index in [0.717, 1.165) is 30.4 Å². The molecular weight excluding hydrogens is 299 g/mol. The summed E-state index contributed by atoms with van der Waals surface area (Å²) in [5, 5.41) is 3.57. The van der Waals surface area contributed by atoms with Crippen molar-refractivity contribution in [3.05, 3.63) is 70.8 Å². The lowest BCUT2D eigenvalue weighted by molar-refractivity contribution is -0.137. The normalized spacial score (nSPS) is 26.1. The molecule has 0 aliphatic heterocycles. The number of hydrogen-bond acceptors (Lipinski definition) is 1. The van der Waals surface area contributed by atoms with Crippen LogP contribution >= 0.6 is 0 Å². The van der Waals surface area contributed by atoms with Gasteiger partial charge in [0.15, 0.2) is 0 Å². The van der Waals surface area contributed by atoms with Crippen molar-refractivity contribution in [2.45, 2.75) is 43.4 Å². The van der Waals surface area contributed by atoms with Crippen LogP contribution < -0.4 is 5.32 Å². The van der Waals surface area contributed by atoms with E-state index in [-0.39, 0.29) is 6.04 Å². The molecule has 0 aromatic heterocycles. The van der Waals surface area contributed by atoms with Crippen molar-refractivity contribution >= 4 is 0 Å². The van der Waals surface area contributed by atoms with Gasteiger partial charge in [-0.05, 0) is 48.1 Å². The number of hydrogen-bond donors (Lipinski definition) is 1. The molecule has 3 atom stereocenters. The van der Waals surface area contributed by atoms with Crippen molar-refractivity contribution in [3.63, 3.8) is 0 Å². The average molecular weight is 317 g/mol. The number of halogens is 3. The summed E-state index contributed by atoms with van der Waals surface area (Å²) < 4.78 is 38.8. The number of alkyl halides is 3. The van der Waals surface area contributed by atoms with Gasteiger partial charge in [0.1, 0.15) is 0 Å². The first-order chi connectivity index (χ1) is 11.0. The molecule has 0 saturated heterocycles. The standard InChI is InChI=1S/C19H18F3N/c20-19(21,22)14-8-6-13-7-9-17(15(13)10-14)23-18-11-16(18)12-4-2-1-3-5-12/h1-6,8,10,16-18,23H,7,9,11H2/t16-,17?,18+/m1/s1.